The zero-order chi connectivity index (χ0) is 25.5. The van der Waals surface area contributed by atoms with Crippen LogP contribution in [0.4, 0.5) is 13.6 Å². The zero-order valence-electron chi connectivity index (χ0n) is 21.1. The maximum absolute atomic E-state index is 14.0. The molecule has 0 aliphatic carbocycles. The highest BCUT2D eigenvalue weighted by atomic mass is 19.2. The molecule has 35 heavy (non-hydrogen) atoms. The Kier molecular flexibility index (Phi) is 6.97. The number of aromatic nitrogens is 2. The predicted octanol–water partition coefficient (Wildman–Crippen LogP) is 2.56. The number of piperazine rings is 1. The molecule has 190 valence electrons. The number of carbonyl (C=O) groups is 2. The summed E-state index contributed by atoms with van der Waals surface area (Å²) in [7, 11) is 3.98. The fourth-order valence-electron chi connectivity index (χ4n) is 4.64. The molecule has 0 saturated carbocycles. The van der Waals surface area contributed by atoms with E-state index in [4.69, 9.17) is 0 Å². The topological polar surface area (TPSA) is 73.7 Å². The first kappa shape index (κ1) is 25.2. The Morgan fingerprint density at radius 1 is 1.00 bits per heavy atom. The summed E-state index contributed by atoms with van der Waals surface area (Å²) >= 11 is 0. The van der Waals surface area contributed by atoms with E-state index >= 15 is 0 Å². The normalized spacial score (nSPS) is 18.3. The molecule has 2 aliphatic rings. The maximum atomic E-state index is 14.0. The third-order valence-electron chi connectivity index (χ3n) is 6.83. The molecule has 0 unspecified atom stereocenters. The predicted molar refractivity (Wildman–Crippen MR) is 129 cm³/mol. The first-order valence-corrected chi connectivity index (χ1v) is 12.0. The first-order chi connectivity index (χ1) is 16.5. The lowest BCUT2D eigenvalue weighted by Gasteiger charge is -2.38. The van der Waals surface area contributed by atoms with Crippen LogP contribution in [0.5, 0.6) is 0 Å². The summed E-state index contributed by atoms with van der Waals surface area (Å²) in [6, 6.07) is 2.39. The smallest absolute Gasteiger partial charge is 0.338 e. The van der Waals surface area contributed by atoms with Gasteiger partial charge in [0.15, 0.2) is 11.6 Å². The van der Waals surface area contributed by atoms with Gasteiger partial charge in [-0.05, 0) is 37.7 Å². The van der Waals surface area contributed by atoms with E-state index in [9.17, 15) is 18.4 Å². The van der Waals surface area contributed by atoms with Gasteiger partial charge in [0.05, 0.1) is 11.4 Å². The number of nitrogens with one attached hydrogen (secondary N) is 1. The van der Waals surface area contributed by atoms with E-state index in [1.807, 2.05) is 34.9 Å². The molecule has 2 aliphatic heterocycles. The largest absolute Gasteiger partial charge is 0.343 e. The number of hydrogen-bond acceptors (Lipinski definition) is 5. The number of nitrogens with zero attached hydrogens (tertiary/aromatic N) is 5. The molecule has 1 aromatic heterocycles. The third kappa shape index (κ3) is 5.23. The highest BCUT2D eigenvalue weighted by molar-refractivity contribution is 5.89. The molecule has 10 heteroatoms. The van der Waals surface area contributed by atoms with Crippen LogP contribution >= 0.6 is 0 Å². The molecule has 1 N–H and O–H groups in total. The molecule has 1 saturated heterocycles. The van der Waals surface area contributed by atoms with Crippen LogP contribution in [0.2, 0.25) is 0 Å². The monoisotopic (exact) mass is 488 g/mol. The van der Waals surface area contributed by atoms with Gasteiger partial charge < -0.3 is 20.0 Å². The third-order valence-corrected chi connectivity index (χ3v) is 6.83. The van der Waals surface area contributed by atoms with Crippen molar-refractivity contribution in [3.8, 4) is 11.3 Å². The van der Waals surface area contributed by atoms with Crippen molar-refractivity contribution in [3.05, 3.63) is 41.1 Å². The van der Waals surface area contributed by atoms with Gasteiger partial charge in [-0.25, -0.2) is 13.6 Å². The van der Waals surface area contributed by atoms with Crippen molar-refractivity contribution in [2.75, 3.05) is 46.8 Å². The Hall–Kier alpha value is -2.85. The molecule has 0 spiro atoms. The van der Waals surface area contributed by atoms with Gasteiger partial charge in [0.25, 0.3) is 0 Å². The Morgan fingerprint density at radius 3 is 2.31 bits per heavy atom. The van der Waals surface area contributed by atoms with Crippen LogP contribution in [0.3, 0.4) is 0 Å². The van der Waals surface area contributed by atoms with E-state index in [1.165, 1.54) is 10.7 Å². The van der Waals surface area contributed by atoms with Crippen molar-refractivity contribution in [1.82, 2.24) is 29.8 Å². The summed E-state index contributed by atoms with van der Waals surface area (Å²) in [5, 5.41) is 7.48. The number of fused-ring (bicyclic) bond motifs is 1. The molecule has 1 aromatic carbocycles. The number of hydrogen-bond donors (Lipinski definition) is 1. The van der Waals surface area contributed by atoms with Crippen LogP contribution in [0.1, 0.15) is 32.0 Å². The van der Waals surface area contributed by atoms with Crippen molar-refractivity contribution in [2.24, 2.45) is 5.41 Å². The molecule has 4 rings (SSSR count). The van der Waals surface area contributed by atoms with E-state index in [-0.39, 0.29) is 5.91 Å². The van der Waals surface area contributed by atoms with Gasteiger partial charge in [-0.2, -0.15) is 9.78 Å². The summed E-state index contributed by atoms with van der Waals surface area (Å²) in [6.45, 7) is 9.82. The van der Waals surface area contributed by atoms with Crippen LogP contribution in [-0.2, 0) is 17.8 Å². The lowest BCUT2D eigenvalue weighted by Crippen LogP contribution is -2.58. The second kappa shape index (κ2) is 9.66. The average molecular weight is 489 g/mol. The van der Waals surface area contributed by atoms with E-state index < -0.39 is 29.1 Å². The Labute approximate surface area is 204 Å². The van der Waals surface area contributed by atoms with E-state index in [1.54, 1.807) is 4.90 Å². The number of benzene rings is 1. The number of rotatable bonds is 3. The first-order valence-electron chi connectivity index (χ1n) is 12.0. The highest BCUT2D eigenvalue weighted by Crippen LogP contribution is 2.31. The van der Waals surface area contributed by atoms with Gasteiger partial charge in [0.2, 0.25) is 5.91 Å². The van der Waals surface area contributed by atoms with Gasteiger partial charge in [0, 0.05) is 56.8 Å². The summed E-state index contributed by atoms with van der Waals surface area (Å²) in [4.78, 5) is 33.0. The summed E-state index contributed by atoms with van der Waals surface area (Å²) in [5.74, 6) is -2.02. The second-order valence-corrected chi connectivity index (χ2v) is 10.7. The molecule has 0 bridgehead atoms. The zero-order valence-corrected chi connectivity index (χ0v) is 21.1. The van der Waals surface area contributed by atoms with Gasteiger partial charge in [-0.1, -0.05) is 20.8 Å². The fraction of sp³-hybridized carbons (Fsp3) is 0.560. The van der Waals surface area contributed by atoms with E-state index in [2.05, 4.69) is 20.2 Å². The minimum absolute atomic E-state index is 0.111. The van der Waals surface area contributed by atoms with Gasteiger partial charge >= 0.3 is 6.03 Å². The summed E-state index contributed by atoms with van der Waals surface area (Å²) in [5.41, 5.74) is 1.85. The van der Waals surface area contributed by atoms with Gasteiger partial charge in [-0.15, -0.1) is 0 Å². The minimum atomic E-state index is -0.968. The van der Waals surface area contributed by atoms with Crippen molar-refractivity contribution in [2.45, 2.75) is 39.8 Å². The number of halogens is 2. The van der Waals surface area contributed by atoms with E-state index in [0.717, 1.165) is 43.0 Å². The van der Waals surface area contributed by atoms with Crippen molar-refractivity contribution >= 4 is 11.9 Å². The van der Waals surface area contributed by atoms with Crippen LogP contribution < -0.4 is 5.32 Å². The Balaban J connectivity index is 1.66. The lowest BCUT2D eigenvalue weighted by atomic mass is 9.85. The van der Waals surface area contributed by atoms with Crippen molar-refractivity contribution in [3.63, 3.8) is 0 Å². The molecule has 2 amide bonds. The molecular formula is C25H34F2N6O2. The van der Waals surface area contributed by atoms with Gasteiger partial charge in [-0.3, -0.25) is 4.79 Å². The lowest BCUT2D eigenvalue weighted by molar-refractivity contribution is -0.137. The number of carbonyl (C=O) groups excluding carboxylic acids is 2. The Morgan fingerprint density at radius 2 is 1.69 bits per heavy atom. The van der Waals surface area contributed by atoms with Crippen LogP contribution in [0, 0.1) is 17.0 Å². The standard InChI is InChI=1S/C25H34F2N6O2/c1-25(2,3)22(23(34)32-12-10-30(4)11-13-32)28-24(35)33-20-8-9-31(5)15-17(20)21(29-33)16-6-7-18(26)19(27)14-16/h6-7,14,22H,8-13,15H2,1-5H3,(H,28,35)/t22-/m1/s1. The molecule has 0 radical (unpaired) electrons. The SMILES string of the molecule is CN1CCN(C(=O)[C@@H](NC(=O)n2nc(-c3ccc(F)c(F)c3)c3c2CCN(C)C3)C(C)(C)C)CC1. The number of likely N-dealkylation sites (N-methyl/N-ethyl adjacent to an activating group) is 2. The molecule has 3 heterocycles. The minimum Gasteiger partial charge on any atom is -0.338 e. The molecule has 1 fully saturated rings. The fourth-order valence-corrected chi connectivity index (χ4v) is 4.64. The molecule has 2 aromatic rings. The maximum Gasteiger partial charge on any atom is 0.343 e. The second-order valence-electron chi connectivity index (χ2n) is 10.7. The van der Waals surface area contributed by atoms with Crippen molar-refractivity contribution < 1.29 is 18.4 Å². The summed E-state index contributed by atoms with van der Waals surface area (Å²) < 4.78 is 28.8. The average Bonchev–Trinajstić information content (AvgIpc) is 3.17. The van der Waals surface area contributed by atoms with Crippen LogP contribution in [0.15, 0.2) is 18.2 Å². The molecule has 1 atom stereocenters. The van der Waals surface area contributed by atoms with E-state index in [0.29, 0.717) is 37.3 Å². The molecular weight excluding hydrogens is 454 g/mol. The quantitative estimate of drug-likeness (QED) is 0.719. The Bertz CT molecular complexity index is 1120. The van der Waals surface area contributed by atoms with Crippen LogP contribution in [0.25, 0.3) is 11.3 Å². The van der Waals surface area contributed by atoms with Crippen molar-refractivity contribution in [1.29, 1.82) is 0 Å². The summed E-state index contributed by atoms with van der Waals surface area (Å²) in [6.07, 6.45) is 0.572. The van der Waals surface area contributed by atoms with Crippen LogP contribution in [-0.4, -0.2) is 89.3 Å². The van der Waals surface area contributed by atoms with Gasteiger partial charge in [0.1, 0.15) is 6.04 Å². The highest BCUT2D eigenvalue weighted by Gasteiger charge is 2.38. The number of amides is 2. The molecule has 8 nitrogen and oxygen atoms in total.